The fourth-order valence-electron chi connectivity index (χ4n) is 1.99. The molecular weight excluding hydrogens is 310 g/mol. The van der Waals surface area contributed by atoms with E-state index in [1.54, 1.807) is 0 Å². The Labute approximate surface area is 121 Å². The number of hydrogen-bond acceptors (Lipinski definition) is 1. The molecule has 0 fully saturated rings. The average molecular weight is 325 g/mol. The third-order valence-electron chi connectivity index (χ3n) is 2.96. The molecule has 1 unspecified atom stereocenters. The van der Waals surface area contributed by atoms with Crippen LogP contribution in [0.25, 0.3) is 0 Å². The SMILES string of the molecule is Cc1ccccc1C(C)Nc1cc(Br)ccc1Cl. The molecule has 94 valence electrons. The minimum Gasteiger partial charge on any atom is -0.377 e. The molecule has 0 aliphatic carbocycles. The van der Waals surface area contributed by atoms with Crippen LogP contribution in [0.4, 0.5) is 5.69 Å². The Morgan fingerprint density at radius 2 is 1.89 bits per heavy atom. The lowest BCUT2D eigenvalue weighted by Gasteiger charge is -2.18. The Morgan fingerprint density at radius 1 is 1.17 bits per heavy atom. The largest absolute Gasteiger partial charge is 0.377 e. The van der Waals surface area contributed by atoms with Crippen molar-refractivity contribution in [3.05, 3.63) is 63.1 Å². The van der Waals surface area contributed by atoms with Crippen molar-refractivity contribution in [3.63, 3.8) is 0 Å². The number of aryl methyl sites for hydroxylation is 1. The van der Waals surface area contributed by atoms with Gasteiger partial charge in [-0.3, -0.25) is 0 Å². The van der Waals surface area contributed by atoms with Gasteiger partial charge in [-0.2, -0.15) is 0 Å². The number of halogens is 2. The molecule has 2 aromatic carbocycles. The van der Waals surface area contributed by atoms with E-state index >= 15 is 0 Å². The predicted octanol–water partition coefficient (Wildman–Crippen LogP) is 5.58. The molecule has 0 aliphatic heterocycles. The summed E-state index contributed by atoms with van der Waals surface area (Å²) in [5.74, 6) is 0. The second kappa shape index (κ2) is 5.77. The molecule has 0 aliphatic rings. The zero-order valence-electron chi connectivity index (χ0n) is 10.4. The molecule has 1 atom stereocenters. The minimum absolute atomic E-state index is 0.220. The minimum atomic E-state index is 0.220. The first-order chi connectivity index (χ1) is 8.58. The first-order valence-electron chi connectivity index (χ1n) is 5.85. The number of nitrogens with one attached hydrogen (secondary N) is 1. The quantitative estimate of drug-likeness (QED) is 0.776. The van der Waals surface area contributed by atoms with Gasteiger partial charge >= 0.3 is 0 Å². The van der Waals surface area contributed by atoms with E-state index in [1.165, 1.54) is 11.1 Å². The Morgan fingerprint density at radius 3 is 2.61 bits per heavy atom. The highest BCUT2D eigenvalue weighted by atomic mass is 79.9. The number of rotatable bonds is 3. The van der Waals surface area contributed by atoms with Crippen LogP contribution in [0, 0.1) is 6.92 Å². The van der Waals surface area contributed by atoms with Gasteiger partial charge in [0.25, 0.3) is 0 Å². The maximum atomic E-state index is 6.18. The lowest BCUT2D eigenvalue weighted by Crippen LogP contribution is -2.08. The standard InChI is InChI=1S/C15H15BrClN/c1-10-5-3-4-6-13(10)11(2)18-15-9-12(16)7-8-14(15)17/h3-9,11,18H,1-2H3. The highest BCUT2D eigenvalue weighted by molar-refractivity contribution is 9.10. The summed E-state index contributed by atoms with van der Waals surface area (Å²) in [6.45, 7) is 4.26. The van der Waals surface area contributed by atoms with Crippen molar-refractivity contribution in [2.45, 2.75) is 19.9 Å². The molecule has 2 rings (SSSR count). The van der Waals surface area contributed by atoms with Crippen LogP contribution in [-0.4, -0.2) is 0 Å². The summed E-state index contributed by atoms with van der Waals surface area (Å²) in [5.41, 5.74) is 3.51. The lowest BCUT2D eigenvalue weighted by atomic mass is 10.0. The molecule has 0 saturated heterocycles. The van der Waals surface area contributed by atoms with Gasteiger partial charge in [0.05, 0.1) is 10.7 Å². The molecule has 0 saturated carbocycles. The average Bonchev–Trinajstić information content (AvgIpc) is 2.34. The zero-order chi connectivity index (χ0) is 13.1. The highest BCUT2D eigenvalue weighted by Crippen LogP contribution is 2.29. The van der Waals surface area contributed by atoms with Gasteiger partial charge in [-0.25, -0.2) is 0 Å². The second-order valence-electron chi connectivity index (χ2n) is 4.35. The van der Waals surface area contributed by atoms with E-state index < -0.39 is 0 Å². The van der Waals surface area contributed by atoms with Crippen LogP contribution in [0.1, 0.15) is 24.1 Å². The van der Waals surface area contributed by atoms with Gasteiger partial charge in [-0.1, -0.05) is 51.8 Å². The molecule has 1 N–H and O–H groups in total. The Bertz CT molecular complexity index is 554. The van der Waals surface area contributed by atoms with Crippen LogP contribution >= 0.6 is 27.5 Å². The summed E-state index contributed by atoms with van der Waals surface area (Å²) >= 11 is 9.64. The van der Waals surface area contributed by atoms with Gasteiger partial charge in [0.1, 0.15) is 0 Å². The number of benzene rings is 2. The Balaban J connectivity index is 2.24. The molecule has 0 radical (unpaired) electrons. The van der Waals surface area contributed by atoms with E-state index in [1.807, 2.05) is 18.2 Å². The van der Waals surface area contributed by atoms with Gasteiger partial charge in [0.2, 0.25) is 0 Å². The fraction of sp³-hybridized carbons (Fsp3) is 0.200. The molecule has 0 bridgehead atoms. The third-order valence-corrected chi connectivity index (χ3v) is 3.78. The van der Waals surface area contributed by atoms with Crippen molar-refractivity contribution in [1.82, 2.24) is 0 Å². The summed E-state index contributed by atoms with van der Waals surface area (Å²) in [7, 11) is 0. The summed E-state index contributed by atoms with van der Waals surface area (Å²) < 4.78 is 1.02. The fourth-order valence-corrected chi connectivity index (χ4v) is 2.52. The normalized spacial score (nSPS) is 12.2. The monoisotopic (exact) mass is 323 g/mol. The van der Waals surface area contributed by atoms with Crippen LogP contribution < -0.4 is 5.32 Å². The summed E-state index contributed by atoms with van der Waals surface area (Å²) in [4.78, 5) is 0. The van der Waals surface area contributed by atoms with Crippen LogP contribution in [0.3, 0.4) is 0 Å². The van der Waals surface area contributed by atoms with Crippen molar-refractivity contribution in [3.8, 4) is 0 Å². The smallest absolute Gasteiger partial charge is 0.0638 e. The van der Waals surface area contributed by atoms with Crippen molar-refractivity contribution in [2.75, 3.05) is 5.32 Å². The molecule has 0 amide bonds. The molecule has 18 heavy (non-hydrogen) atoms. The molecule has 2 aromatic rings. The third kappa shape index (κ3) is 3.06. The molecule has 0 aromatic heterocycles. The molecular formula is C15H15BrClN. The van der Waals surface area contributed by atoms with E-state index in [9.17, 15) is 0 Å². The van der Waals surface area contributed by atoms with Crippen molar-refractivity contribution < 1.29 is 0 Å². The summed E-state index contributed by atoms with van der Waals surface area (Å²) in [6, 6.07) is 14.4. The van der Waals surface area contributed by atoms with Crippen LogP contribution in [0.2, 0.25) is 5.02 Å². The van der Waals surface area contributed by atoms with Crippen LogP contribution in [-0.2, 0) is 0 Å². The Hall–Kier alpha value is -0.990. The van der Waals surface area contributed by atoms with Gasteiger partial charge in [-0.05, 0) is 43.2 Å². The van der Waals surface area contributed by atoms with Gasteiger partial charge in [-0.15, -0.1) is 0 Å². The van der Waals surface area contributed by atoms with Gasteiger partial charge in [0.15, 0.2) is 0 Å². The van der Waals surface area contributed by atoms with E-state index in [0.717, 1.165) is 15.2 Å². The van der Waals surface area contributed by atoms with Crippen molar-refractivity contribution in [2.24, 2.45) is 0 Å². The molecule has 0 spiro atoms. The molecule has 0 heterocycles. The summed E-state index contributed by atoms with van der Waals surface area (Å²) in [5, 5.41) is 4.18. The number of hydrogen-bond donors (Lipinski definition) is 1. The topological polar surface area (TPSA) is 12.0 Å². The lowest BCUT2D eigenvalue weighted by molar-refractivity contribution is 0.874. The van der Waals surface area contributed by atoms with E-state index in [0.29, 0.717) is 0 Å². The maximum Gasteiger partial charge on any atom is 0.0638 e. The van der Waals surface area contributed by atoms with Gasteiger partial charge in [0, 0.05) is 10.5 Å². The van der Waals surface area contributed by atoms with E-state index in [4.69, 9.17) is 11.6 Å². The second-order valence-corrected chi connectivity index (χ2v) is 5.67. The zero-order valence-corrected chi connectivity index (χ0v) is 12.7. The molecule has 3 heteroatoms. The first-order valence-corrected chi connectivity index (χ1v) is 7.02. The van der Waals surface area contributed by atoms with Crippen LogP contribution in [0.5, 0.6) is 0 Å². The number of anilines is 1. The predicted molar refractivity (Wildman–Crippen MR) is 82.4 cm³/mol. The van der Waals surface area contributed by atoms with Crippen LogP contribution in [0.15, 0.2) is 46.9 Å². The highest BCUT2D eigenvalue weighted by Gasteiger charge is 2.09. The first kappa shape index (κ1) is 13.4. The van der Waals surface area contributed by atoms with Gasteiger partial charge < -0.3 is 5.32 Å². The van der Waals surface area contributed by atoms with Crippen molar-refractivity contribution >= 4 is 33.2 Å². The van der Waals surface area contributed by atoms with Crippen molar-refractivity contribution in [1.29, 1.82) is 0 Å². The molecule has 1 nitrogen and oxygen atoms in total. The van der Waals surface area contributed by atoms with E-state index in [2.05, 4.69) is 59.4 Å². The Kier molecular flexibility index (Phi) is 4.31. The van der Waals surface area contributed by atoms with E-state index in [-0.39, 0.29) is 6.04 Å². The summed E-state index contributed by atoms with van der Waals surface area (Å²) in [6.07, 6.45) is 0. The maximum absolute atomic E-state index is 6.18.